The van der Waals surface area contributed by atoms with Gasteiger partial charge in [-0.05, 0) is 24.6 Å². The van der Waals surface area contributed by atoms with Crippen LogP contribution in [-0.2, 0) is 11.3 Å². The van der Waals surface area contributed by atoms with Crippen LogP contribution in [0.15, 0.2) is 41.5 Å². The summed E-state index contributed by atoms with van der Waals surface area (Å²) >= 11 is 0. The highest BCUT2D eigenvalue weighted by Gasteiger charge is 2.07. The average Bonchev–Trinajstić information content (AvgIpc) is 2.31. The van der Waals surface area contributed by atoms with Gasteiger partial charge in [-0.25, -0.2) is 0 Å². The van der Waals surface area contributed by atoms with Crippen molar-refractivity contribution in [2.45, 2.75) is 13.5 Å². The van der Waals surface area contributed by atoms with E-state index in [2.05, 4.69) is 4.98 Å². The summed E-state index contributed by atoms with van der Waals surface area (Å²) in [5, 5.41) is 0. The van der Waals surface area contributed by atoms with E-state index < -0.39 is 0 Å². The molecule has 0 unspecified atom stereocenters. The number of hydrogen-bond donors (Lipinski definition) is 0. The Morgan fingerprint density at radius 2 is 2.18 bits per heavy atom. The molecule has 2 rings (SSSR count). The SMILES string of the molecule is COCc1cccc(=O)n1-c1ccncc1C. The number of rotatable bonds is 3. The molecule has 2 aromatic heterocycles. The summed E-state index contributed by atoms with van der Waals surface area (Å²) in [4.78, 5) is 16.0. The third-order valence-electron chi connectivity index (χ3n) is 2.56. The van der Waals surface area contributed by atoms with Crippen molar-refractivity contribution in [1.82, 2.24) is 9.55 Å². The maximum atomic E-state index is 12.0. The molecule has 4 heteroatoms. The highest BCUT2D eigenvalue weighted by Crippen LogP contribution is 2.12. The summed E-state index contributed by atoms with van der Waals surface area (Å²) in [6.07, 6.45) is 3.42. The molecule has 0 aliphatic carbocycles. The second-order valence-corrected chi connectivity index (χ2v) is 3.79. The molecule has 0 fully saturated rings. The van der Waals surface area contributed by atoms with Crippen LogP contribution in [0.4, 0.5) is 0 Å². The van der Waals surface area contributed by atoms with Crippen LogP contribution < -0.4 is 5.56 Å². The molecule has 2 aromatic rings. The van der Waals surface area contributed by atoms with Gasteiger partial charge in [0.05, 0.1) is 18.0 Å². The van der Waals surface area contributed by atoms with Gasteiger partial charge in [0.2, 0.25) is 0 Å². The van der Waals surface area contributed by atoms with Crippen molar-refractivity contribution in [2.75, 3.05) is 7.11 Å². The van der Waals surface area contributed by atoms with E-state index in [-0.39, 0.29) is 5.56 Å². The van der Waals surface area contributed by atoms with E-state index in [0.29, 0.717) is 6.61 Å². The van der Waals surface area contributed by atoms with Gasteiger partial charge >= 0.3 is 0 Å². The molecule has 0 spiro atoms. The maximum Gasteiger partial charge on any atom is 0.255 e. The molecule has 0 saturated carbocycles. The molecule has 4 nitrogen and oxygen atoms in total. The Morgan fingerprint density at radius 3 is 2.88 bits per heavy atom. The Hall–Kier alpha value is -1.94. The van der Waals surface area contributed by atoms with Crippen molar-refractivity contribution in [3.63, 3.8) is 0 Å². The minimum atomic E-state index is -0.0612. The first kappa shape index (κ1) is 11.5. The van der Waals surface area contributed by atoms with E-state index in [9.17, 15) is 4.79 Å². The lowest BCUT2D eigenvalue weighted by Gasteiger charge is -2.13. The zero-order valence-corrected chi connectivity index (χ0v) is 9.88. The summed E-state index contributed by atoms with van der Waals surface area (Å²) in [6.45, 7) is 2.33. The Kier molecular flexibility index (Phi) is 3.35. The van der Waals surface area contributed by atoms with E-state index in [1.54, 1.807) is 36.2 Å². The molecule has 0 radical (unpaired) electrons. The van der Waals surface area contributed by atoms with Crippen molar-refractivity contribution in [1.29, 1.82) is 0 Å². The molecule has 0 N–H and O–H groups in total. The van der Waals surface area contributed by atoms with E-state index in [0.717, 1.165) is 16.9 Å². The van der Waals surface area contributed by atoms with E-state index in [1.807, 2.05) is 19.1 Å². The number of nitrogens with zero attached hydrogens (tertiary/aromatic N) is 2. The van der Waals surface area contributed by atoms with E-state index >= 15 is 0 Å². The second-order valence-electron chi connectivity index (χ2n) is 3.79. The monoisotopic (exact) mass is 230 g/mol. The normalized spacial score (nSPS) is 10.5. The predicted molar refractivity (Wildman–Crippen MR) is 65.3 cm³/mol. The molecule has 0 amide bonds. The zero-order chi connectivity index (χ0) is 12.3. The fourth-order valence-corrected chi connectivity index (χ4v) is 1.78. The standard InChI is InChI=1S/C13H14N2O2/c1-10-8-14-7-6-12(10)15-11(9-17-2)4-3-5-13(15)16/h3-8H,9H2,1-2H3. The molecule has 88 valence electrons. The smallest absolute Gasteiger partial charge is 0.255 e. The third-order valence-corrected chi connectivity index (χ3v) is 2.56. The first-order valence-corrected chi connectivity index (χ1v) is 5.35. The lowest BCUT2D eigenvalue weighted by atomic mass is 10.2. The largest absolute Gasteiger partial charge is 0.378 e. The Labute approximate surface area is 99.5 Å². The van der Waals surface area contributed by atoms with Crippen molar-refractivity contribution < 1.29 is 4.74 Å². The summed E-state index contributed by atoms with van der Waals surface area (Å²) < 4.78 is 6.76. The fraction of sp³-hybridized carbons (Fsp3) is 0.231. The van der Waals surface area contributed by atoms with Crippen LogP contribution in [0.1, 0.15) is 11.3 Å². The van der Waals surface area contributed by atoms with Gasteiger partial charge in [0, 0.05) is 25.6 Å². The topological polar surface area (TPSA) is 44.1 Å². The molecule has 0 atom stereocenters. The molecular weight excluding hydrogens is 216 g/mol. The molecular formula is C13H14N2O2. The lowest BCUT2D eigenvalue weighted by molar-refractivity contribution is 0.179. The van der Waals surface area contributed by atoms with Crippen molar-refractivity contribution in [3.05, 3.63) is 58.3 Å². The summed E-state index contributed by atoms with van der Waals surface area (Å²) in [5.41, 5.74) is 2.57. The number of pyridine rings is 2. The number of ether oxygens (including phenoxy) is 1. The average molecular weight is 230 g/mol. The predicted octanol–water partition coefficient (Wildman–Crippen LogP) is 1.69. The second kappa shape index (κ2) is 4.93. The van der Waals surface area contributed by atoms with Crippen LogP contribution in [-0.4, -0.2) is 16.7 Å². The Balaban J connectivity index is 2.66. The van der Waals surface area contributed by atoms with Crippen molar-refractivity contribution in [3.8, 4) is 5.69 Å². The van der Waals surface area contributed by atoms with Gasteiger partial charge in [-0.1, -0.05) is 6.07 Å². The van der Waals surface area contributed by atoms with Crippen molar-refractivity contribution in [2.24, 2.45) is 0 Å². The van der Waals surface area contributed by atoms with Crippen LogP contribution >= 0.6 is 0 Å². The van der Waals surface area contributed by atoms with Crippen LogP contribution in [0.25, 0.3) is 5.69 Å². The van der Waals surface area contributed by atoms with Gasteiger partial charge < -0.3 is 4.74 Å². The summed E-state index contributed by atoms with van der Waals surface area (Å²) in [7, 11) is 1.61. The van der Waals surface area contributed by atoms with E-state index in [1.165, 1.54) is 0 Å². The van der Waals surface area contributed by atoms with Gasteiger partial charge in [0.25, 0.3) is 5.56 Å². The summed E-state index contributed by atoms with van der Waals surface area (Å²) in [5.74, 6) is 0. The molecule has 0 aromatic carbocycles. The van der Waals surface area contributed by atoms with Gasteiger partial charge in [-0.2, -0.15) is 0 Å². The number of aryl methyl sites for hydroxylation is 1. The molecule has 0 aliphatic rings. The molecule has 0 saturated heterocycles. The maximum absolute atomic E-state index is 12.0. The zero-order valence-electron chi connectivity index (χ0n) is 9.88. The lowest BCUT2D eigenvalue weighted by Crippen LogP contribution is -2.21. The highest BCUT2D eigenvalue weighted by atomic mass is 16.5. The van der Waals surface area contributed by atoms with Crippen LogP contribution in [0.2, 0.25) is 0 Å². The minimum Gasteiger partial charge on any atom is -0.378 e. The van der Waals surface area contributed by atoms with Gasteiger partial charge in [-0.3, -0.25) is 14.3 Å². The Morgan fingerprint density at radius 1 is 1.35 bits per heavy atom. The van der Waals surface area contributed by atoms with E-state index in [4.69, 9.17) is 4.74 Å². The number of hydrogen-bond acceptors (Lipinski definition) is 3. The first-order chi connectivity index (χ1) is 8.24. The molecule has 17 heavy (non-hydrogen) atoms. The van der Waals surface area contributed by atoms with Gasteiger partial charge in [-0.15, -0.1) is 0 Å². The fourth-order valence-electron chi connectivity index (χ4n) is 1.78. The van der Waals surface area contributed by atoms with Crippen molar-refractivity contribution >= 4 is 0 Å². The third kappa shape index (κ3) is 2.26. The number of aromatic nitrogens is 2. The van der Waals surface area contributed by atoms with Gasteiger partial charge in [0.15, 0.2) is 0 Å². The molecule has 0 aliphatic heterocycles. The molecule has 2 heterocycles. The van der Waals surface area contributed by atoms with Crippen LogP contribution in [0.5, 0.6) is 0 Å². The first-order valence-electron chi connectivity index (χ1n) is 5.35. The van der Waals surface area contributed by atoms with Crippen LogP contribution in [0, 0.1) is 6.92 Å². The minimum absolute atomic E-state index is 0.0612. The van der Waals surface area contributed by atoms with Gasteiger partial charge in [0.1, 0.15) is 0 Å². The quantitative estimate of drug-likeness (QED) is 0.806. The Bertz CT molecular complexity index is 576. The number of methoxy groups -OCH3 is 1. The molecule has 0 bridgehead atoms. The van der Waals surface area contributed by atoms with Crippen LogP contribution in [0.3, 0.4) is 0 Å². The summed E-state index contributed by atoms with van der Waals surface area (Å²) in [6, 6.07) is 6.99. The highest BCUT2D eigenvalue weighted by molar-refractivity contribution is 5.39.